The minimum Gasteiger partial charge on any atom is -0.385 e. The number of amides is 2. The van der Waals surface area contributed by atoms with Gasteiger partial charge in [-0.2, -0.15) is 0 Å². The van der Waals surface area contributed by atoms with Crippen LogP contribution in [-0.4, -0.2) is 46.7 Å². The van der Waals surface area contributed by atoms with E-state index in [0.29, 0.717) is 32.3 Å². The van der Waals surface area contributed by atoms with Crippen LogP contribution in [0.3, 0.4) is 0 Å². The Morgan fingerprint density at radius 2 is 2.06 bits per heavy atom. The lowest BCUT2D eigenvalue weighted by atomic mass is 9.94. The third-order valence-corrected chi connectivity index (χ3v) is 3.47. The van der Waals surface area contributed by atoms with E-state index >= 15 is 0 Å². The molecule has 90 valence electrons. The molecule has 0 bridgehead atoms. The zero-order chi connectivity index (χ0) is 11.8. The molecule has 2 atom stereocenters. The van der Waals surface area contributed by atoms with E-state index in [-0.39, 0.29) is 24.5 Å². The zero-order valence-electron chi connectivity index (χ0n) is 9.44. The number of imide groups is 1. The molecule has 1 N–H and O–H groups in total. The van der Waals surface area contributed by atoms with Gasteiger partial charge in [0.05, 0.1) is 12.6 Å². The highest BCUT2D eigenvalue weighted by molar-refractivity contribution is 5.97. The number of likely N-dealkylation sites (tertiary alicyclic amines) is 1. The highest BCUT2D eigenvalue weighted by atomic mass is 16.5. The van der Waals surface area contributed by atoms with Gasteiger partial charge in [0.1, 0.15) is 5.60 Å². The Hall–Kier alpha value is -0.940. The van der Waals surface area contributed by atoms with E-state index in [4.69, 9.17) is 4.74 Å². The van der Waals surface area contributed by atoms with Gasteiger partial charge >= 0.3 is 0 Å². The van der Waals surface area contributed by atoms with Crippen LogP contribution in [0.1, 0.15) is 32.6 Å². The van der Waals surface area contributed by atoms with E-state index in [1.807, 2.05) is 0 Å². The van der Waals surface area contributed by atoms with Crippen LogP contribution in [0.5, 0.6) is 0 Å². The van der Waals surface area contributed by atoms with E-state index in [2.05, 4.69) is 0 Å². The fourth-order valence-corrected chi connectivity index (χ4v) is 2.23. The van der Waals surface area contributed by atoms with Crippen LogP contribution in [0.4, 0.5) is 0 Å². The van der Waals surface area contributed by atoms with Crippen LogP contribution in [0, 0.1) is 0 Å². The third kappa shape index (κ3) is 1.97. The van der Waals surface area contributed by atoms with E-state index in [9.17, 15) is 14.7 Å². The summed E-state index contributed by atoms with van der Waals surface area (Å²) >= 11 is 0. The highest BCUT2D eigenvalue weighted by Gasteiger charge is 2.43. The van der Waals surface area contributed by atoms with Crippen LogP contribution in [-0.2, 0) is 14.3 Å². The summed E-state index contributed by atoms with van der Waals surface area (Å²) in [5.41, 5.74) is -1.07. The second kappa shape index (κ2) is 4.14. The Labute approximate surface area is 94.4 Å². The number of carbonyl (C=O) groups excluding carboxylic acids is 2. The molecule has 2 aliphatic heterocycles. The topological polar surface area (TPSA) is 66.8 Å². The van der Waals surface area contributed by atoms with Gasteiger partial charge in [0.25, 0.3) is 0 Å². The molecule has 0 aliphatic carbocycles. The van der Waals surface area contributed by atoms with Crippen molar-refractivity contribution in [3.05, 3.63) is 0 Å². The minimum atomic E-state index is -1.07. The largest absolute Gasteiger partial charge is 0.385 e. The first-order chi connectivity index (χ1) is 7.53. The Bertz CT molecular complexity index is 301. The predicted molar refractivity (Wildman–Crippen MR) is 55.6 cm³/mol. The Morgan fingerprint density at radius 3 is 2.56 bits per heavy atom. The van der Waals surface area contributed by atoms with E-state index in [1.165, 1.54) is 4.90 Å². The monoisotopic (exact) mass is 227 g/mol. The number of aliphatic hydroxyl groups is 1. The second-order valence-corrected chi connectivity index (χ2v) is 4.59. The molecule has 2 aliphatic rings. The van der Waals surface area contributed by atoms with E-state index in [0.717, 1.165) is 0 Å². The quantitative estimate of drug-likeness (QED) is 0.678. The normalized spacial score (nSPS) is 35.9. The smallest absolute Gasteiger partial charge is 0.229 e. The zero-order valence-corrected chi connectivity index (χ0v) is 9.44. The summed E-state index contributed by atoms with van der Waals surface area (Å²) < 4.78 is 5.28. The molecule has 0 spiro atoms. The molecule has 2 saturated heterocycles. The Balaban J connectivity index is 2.07. The lowest BCUT2D eigenvalue weighted by Crippen LogP contribution is -2.52. The first-order valence-corrected chi connectivity index (χ1v) is 5.70. The van der Waals surface area contributed by atoms with Gasteiger partial charge in [0, 0.05) is 25.9 Å². The number of hydrogen-bond acceptors (Lipinski definition) is 4. The van der Waals surface area contributed by atoms with Gasteiger partial charge in [-0.1, -0.05) is 0 Å². The molecule has 5 heteroatoms. The first kappa shape index (κ1) is 11.5. The van der Waals surface area contributed by atoms with Crippen LogP contribution < -0.4 is 0 Å². The van der Waals surface area contributed by atoms with E-state index in [1.54, 1.807) is 6.92 Å². The summed E-state index contributed by atoms with van der Waals surface area (Å²) in [6.07, 6.45) is 1.58. The number of rotatable bonds is 2. The molecule has 0 aromatic heterocycles. The maximum Gasteiger partial charge on any atom is 0.229 e. The van der Waals surface area contributed by atoms with Crippen LogP contribution >= 0.6 is 0 Å². The second-order valence-electron chi connectivity index (χ2n) is 4.59. The fraction of sp³-hybridized carbons (Fsp3) is 0.818. The number of β-amino-alcohol motifs (C(OH)–C–C–N with tert-alkyl or cyclic N) is 1. The van der Waals surface area contributed by atoms with Crippen molar-refractivity contribution in [1.29, 1.82) is 0 Å². The van der Waals surface area contributed by atoms with Crippen molar-refractivity contribution in [3.63, 3.8) is 0 Å². The SMILES string of the molecule is CC1OCCC1(O)CN1C(=O)CCCC1=O. The van der Waals surface area contributed by atoms with Gasteiger partial charge in [0.15, 0.2) is 0 Å². The van der Waals surface area contributed by atoms with Gasteiger partial charge in [-0.05, 0) is 13.3 Å². The van der Waals surface area contributed by atoms with Gasteiger partial charge in [-0.3, -0.25) is 14.5 Å². The Morgan fingerprint density at radius 1 is 1.44 bits per heavy atom. The number of hydrogen-bond donors (Lipinski definition) is 1. The van der Waals surface area contributed by atoms with Crippen LogP contribution in [0.2, 0.25) is 0 Å². The maximum absolute atomic E-state index is 11.6. The molecular weight excluding hydrogens is 210 g/mol. The lowest BCUT2D eigenvalue weighted by molar-refractivity contribution is -0.153. The first-order valence-electron chi connectivity index (χ1n) is 5.70. The molecule has 2 unspecified atom stereocenters. The number of nitrogens with zero attached hydrogens (tertiary/aromatic N) is 1. The van der Waals surface area contributed by atoms with Gasteiger partial charge in [0.2, 0.25) is 11.8 Å². The molecule has 16 heavy (non-hydrogen) atoms. The van der Waals surface area contributed by atoms with Crippen molar-refractivity contribution in [2.24, 2.45) is 0 Å². The maximum atomic E-state index is 11.6. The molecule has 0 radical (unpaired) electrons. The predicted octanol–water partition coefficient (Wildman–Crippen LogP) is 0.0654. The van der Waals surface area contributed by atoms with Crippen molar-refractivity contribution < 1.29 is 19.4 Å². The van der Waals surface area contributed by atoms with Crippen molar-refractivity contribution in [2.75, 3.05) is 13.2 Å². The fourth-order valence-electron chi connectivity index (χ4n) is 2.23. The van der Waals surface area contributed by atoms with Crippen LogP contribution in [0.15, 0.2) is 0 Å². The number of ether oxygens (including phenoxy) is 1. The summed E-state index contributed by atoms with van der Waals surface area (Å²) in [5.74, 6) is -0.354. The summed E-state index contributed by atoms with van der Waals surface area (Å²) in [4.78, 5) is 24.4. The molecule has 0 aromatic rings. The number of piperidine rings is 1. The van der Waals surface area contributed by atoms with Crippen molar-refractivity contribution in [1.82, 2.24) is 4.90 Å². The molecule has 2 heterocycles. The third-order valence-electron chi connectivity index (χ3n) is 3.47. The molecule has 2 fully saturated rings. The van der Waals surface area contributed by atoms with Crippen LogP contribution in [0.25, 0.3) is 0 Å². The van der Waals surface area contributed by atoms with Gasteiger partial charge in [-0.15, -0.1) is 0 Å². The molecule has 0 aromatic carbocycles. The lowest BCUT2D eigenvalue weighted by Gasteiger charge is -2.33. The van der Waals surface area contributed by atoms with Gasteiger partial charge in [-0.25, -0.2) is 0 Å². The summed E-state index contributed by atoms with van der Waals surface area (Å²) in [6, 6.07) is 0. The molecular formula is C11H17NO4. The molecule has 2 amide bonds. The number of carbonyl (C=O) groups is 2. The average Bonchev–Trinajstić information content (AvgIpc) is 2.54. The van der Waals surface area contributed by atoms with Crippen molar-refractivity contribution in [2.45, 2.75) is 44.3 Å². The molecule has 5 nitrogen and oxygen atoms in total. The summed E-state index contributed by atoms with van der Waals surface area (Å²) in [6.45, 7) is 2.33. The minimum absolute atomic E-state index is 0.0752. The van der Waals surface area contributed by atoms with Crippen molar-refractivity contribution in [3.8, 4) is 0 Å². The molecule has 2 rings (SSSR count). The summed E-state index contributed by atoms with van der Waals surface area (Å²) in [5, 5.41) is 10.3. The van der Waals surface area contributed by atoms with Gasteiger partial charge < -0.3 is 9.84 Å². The van der Waals surface area contributed by atoms with Crippen molar-refractivity contribution >= 4 is 11.8 Å². The average molecular weight is 227 g/mol. The standard InChI is InChI=1S/C11H17NO4/c1-8-11(15,5-6-16-8)7-12-9(13)3-2-4-10(12)14/h8,15H,2-7H2,1H3. The highest BCUT2D eigenvalue weighted by Crippen LogP contribution is 2.28. The summed E-state index contributed by atoms with van der Waals surface area (Å²) in [7, 11) is 0. The van der Waals surface area contributed by atoms with E-state index < -0.39 is 5.60 Å². The Kier molecular flexibility index (Phi) is 2.99. The molecule has 0 saturated carbocycles.